The van der Waals surface area contributed by atoms with Gasteiger partial charge in [0.15, 0.2) is 23.3 Å². The minimum Gasteiger partial charge on any atom is -0.493 e. The van der Waals surface area contributed by atoms with E-state index in [1.165, 1.54) is 5.56 Å². The second-order valence-electron chi connectivity index (χ2n) is 7.00. The van der Waals surface area contributed by atoms with Crippen LogP contribution in [0.1, 0.15) is 37.0 Å². The van der Waals surface area contributed by atoms with Crippen LogP contribution in [0.25, 0.3) is 0 Å². The van der Waals surface area contributed by atoms with Crippen molar-refractivity contribution in [2.75, 3.05) is 34.4 Å². The Labute approximate surface area is 173 Å². The topological polar surface area (TPSA) is 76.8 Å². The predicted octanol–water partition coefficient (Wildman–Crippen LogP) is 2.56. The summed E-state index contributed by atoms with van der Waals surface area (Å²) in [4.78, 5) is 6.93. The van der Waals surface area contributed by atoms with Crippen molar-refractivity contribution in [3.8, 4) is 11.5 Å². The van der Waals surface area contributed by atoms with Crippen LogP contribution in [0, 0.1) is 6.92 Å². The summed E-state index contributed by atoms with van der Waals surface area (Å²) in [5.41, 5.74) is 1.19. The van der Waals surface area contributed by atoms with E-state index in [1.54, 1.807) is 14.2 Å². The maximum atomic E-state index is 5.41. The van der Waals surface area contributed by atoms with Gasteiger partial charge in [0.05, 0.1) is 14.2 Å². The normalized spacial score (nSPS) is 11.4. The van der Waals surface area contributed by atoms with Crippen LogP contribution in [0.15, 0.2) is 23.2 Å². The summed E-state index contributed by atoms with van der Waals surface area (Å²) >= 11 is 0. The fourth-order valence-corrected chi connectivity index (χ4v) is 2.86. The standard InChI is InChI=1S/C21H34N6O2/c1-7-8-12-22-21(23-15-20-25-24-16(2)27(20)4)26(3)13-11-17-9-10-18(28-5)19(14-17)29-6/h9-10,14H,7-8,11-13,15H2,1-6H3,(H,22,23). The highest BCUT2D eigenvalue weighted by Gasteiger charge is 2.10. The number of hydrogen-bond donors (Lipinski definition) is 1. The summed E-state index contributed by atoms with van der Waals surface area (Å²) in [6.07, 6.45) is 3.11. The molecule has 0 aliphatic rings. The highest BCUT2D eigenvalue weighted by Crippen LogP contribution is 2.27. The van der Waals surface area contributed by atoms with E-state index in [4.69, 9.17) is 14.5 Å². The first-order valence-corrected chi connectivity index (χ1v) is 10.0. The van der Waals surface area contributed by atoms with Crippen molar-refractivity contribution in [1.29, 1.82) is 0 Å². The maximum absolute atomic E-state index is 5.41. The molecule has 8 nitrogen and oxygen atoms in total. The Balaban J connectivity index is 2.05. The number of rotatable bonds is 10. The molecule has 2 aromatic rings. The van der Waals surface area contributed by atoms with Crippen molar-refractivity contribution in [1.82, 2.24) is 25.0 Å². The molecule has 1 aromatic carbocycles. The molecule has 29 heavy (non-hydrogen) atoms. The van der Waals surface area contributed by atoms with Gasteiger partial charge in [-0.1, -0.05) is 19.4 Å². The Kier molecular flexibility index (Phi) is 8.76. The third kappa shape index (κ3) is 6.37. The predicted molar refractivity (Wildman–Crippen MR) is 116 cm³/mol. The molecular weight excluding hydrogens is 368 g/mol. The van der Waals surface area contributed by atoms with E-state index in [0.717, 1.165) is 61.5 Å². The van der Waals surface area contributed by atoms with Crippen LogP contribution < -0.4 is 14.8 Å². The number of unbranched alkanes of at least 4 members (excludes halogenated alkanes) is 1. The lowest BCUT2D eigenvalue weighted by Crippen LogP contribution is -2.40. The molecule has 0 saturated heterocycles. The summed E-state index contributed by atoms with van der Waals surface area (Å²) in [5, 5.41) is 11.8. The first-order valence-electron chi connectivity index (χ1n) is 10.0. The number of benzene rings is 1. The van der Waals surface area contributed by atoms with Crippen LogP contribution in [-0.2, 0) is 20.0 Å². The molecule has 2 rings (SSSR count). The molecule has 0 radical (unpaired) electrons. The van der Waals surface area contributed by atoms with Crippen LogP contribution in [0.5, 0.6) is 11.5 Å². The minimum atomic E-state index is 0.493. The zero-order valence-electron chi connectivity index (χ0n) is 18.5. The summed E-state index contributed by atoms with van der Waals surface area (Å²) in [7, 11) is 7.32. The molecule has 0 aliphatic carbocycles. The molecule has 1 aromatic heterocycles. The van der Waals surface area contributed by atoms with Gasteiger partial charge in [-0.2, -0.15) is 0 Å². The number of aryl methyl sites for hydroxylation is 1. The Bertz CT molecular complexity index is 802. The Hall–Kier alpha value is -2.77. The third-order valence-electron chi connectivity index (χ3n) is 4.91. The lowest BCUT2D eigenvalue weighted by atomic mass is 10.1. The lowest BCUT2D eigenvalue weighted by molar-refractivity contribution is 0.354. The smallest absolute Gasteiger partial charge is 0.194 e. The summed E-state index contributed by atoms with van der Waals surface area (Å²) in [6.45, 7) is 6.34. The Morgan fingerprint density at radius 3 is 2.59 bits per heavy atom. The van der Waals surface area contributed by atoms with Gasteiger partial charge in [0.1, 0.15) is 12.4 Å². The number of hydrogen-bond acceptors (Lipinski definition) is 5. The van der Waals surface area contributed by atoms with Gasteiger partial charge >= 0.3 is 0 Å². The Morgan fingerprint density at radius 1 is 1.21 bits per heavy atom. The summed E-state index contributed by atoms with van der Waals surface area (Å²) in [5.74, 6) is 4.11. The average Bonchev–Trinajstić information content (AvgIpc) is 3.06. The number of aliphatic imine (C=N–C) groups is 1. The molecule has 0 saturated carbocycles. The number of nitrogens with zero attached hydrogens (tertiary/aromatic N) is 5. The van der Waals surface area contributed by atoms with E-state index in [1.807, 2.05) is 30.7 Å². The molecular formula is C21H34N6O2. The van der Waals surface area contributed by atoms with Gasteiger partial charge < -0.3 is 24.3 Å². The van der Waals surface area contributed by atoms with Gasteiger partial charge in [0.25, 0.3) is 0 Å². The van der Waals surface area contributed by atoms with E-state index in [9.17, 15) is 0 Å². The fourth-order valence-electron chi connectivity index (χ4n) is 2.86. The average molecular weight is 403 g/mol. The van der Waals surface area contributed by atoms with E-state index in [-0.39, 0.29) is 0 Å². The van der Waals surface area contributed by atoms with Crippen LogP contribution >= 0.6 is 0 Å². The quantitative estimate of drug-likeness (QED) is 0.374. The molecule has 160 valence electrons. The van der Waals surface area contributed by atoms with Gasteiger partial charge in [0, 0.05) is 27.2 Å². The minimum absolute atomic E-state index is 0.493. The number of nitrogens with one attached hydrogen (secondary N) is 1. The number of guanidine groups is 1. The molecule has 0 fully saturated rings. The van der Waals surface area contributed by atoms with Crippen molar-refractivity contribution in [3.05, 3.63) is 35.4 Å². The number of ether oxygens (including phenoxy) is 2. The number of methoxy groups -OCH3 is 2. The molecule has 0 atom stereocenters. The van der Waals surface area contributed by atoms with Gasteiger partial charge in [0.2, 0.25) is 0 Å². The highest BCUT2D eigenvalue weighted by molar-refractivity contribution is 5.79. The van der Waals surface area contributed by atoms with Crippen LogP contribution in [0.3, 0.4) is 0 Å². The van der Waals surface area contributed by atoms with Crippen LogP contribution in [0.4, 0.5) is 0 Å². The third-order valence-corrected chi connectivity index (χ3v) is 4.91. The maximum Gasteiger partial charge on any atom is 0.194 e. The van der Waals surface area contributed by atoms with Gasteiger partial charge in [-0.15, -0.1) is 10.2 Å². The highest BCUT2D eigenvalue weighted by atomic mass is 16.5. The largest absolute Gasteiger partial charge is 0.493 e. The second-order valence-corrected chi connectivity index (χ2v) is 7.00. The summed E-state index contributed by atoms with van der Waals surface area (Å²) < 4.78 is 12.7. The van der Waals surface area contributed by atoms with Crippen LogP contribution in [0.2, 0.25) is 0 Å². The van der Waals surface area contributed by atoms with Crippen molar-refractivity contribution in [2.24, 2.45) is 12.0 Å². The van der Waals surface area contributed by atoms with Gasteiger partial charge in [-0.3, -0.25) is 0 Å². The zero-order chi connectivity index (χ0) is 21.2. The van der Waals surface area contributed by atoms with E-state index in [0.29, 0.717) is 6.54 Å². The molecule has 0 unspecified atom stereocenters. The van der Waals surface area contributed by atoms with Crippen molar-refractivity contribution < 1.29 is 9.47 Å². The lowest BCUT2D eigenvalue weighted by Gasteiger charge is -2.23. The first-order chi connectivity index (χ1) is 14.0. The monoisotopic (exact) mass is 402 g/mol. The van der Waals surface area contributed by atoms with Crippen molar-refractivity contribution in [3.63, 3.8) is 0 Å². The fraction of sp³-hybridized carbons (Fsp3) is 0.571. The molecule has 0 spiro atoms. The van der Waals surface area contributed by atoms with E-state index < -0.39 is 0 Å². The molecule has 1 N–H and O–H groups in total. The molecule has 8 heteroatoms. The second kappa shape index (κ2) is 11.3. The molecule has 1 heterocycles. The number of likely N-dealkylation sites (N-methyl/N-ethyl adjacent to an activating group) is 1. The summed E-state index contributed by atoms with van der Waals surface area (Å²) in [6, 6.07) is 6.04. The van der Waals surface area contributed by atoms with E-state index in [2.05, 4.69) is 40.5 Å². The van der Waals surface area contributed by atoms with Crippen molar-refractivity contribution in [2.45, 2.75) is 39.7 Å². The van der Waals surface area contributed by atoms with Crippen molar-refractivity contribution >= 4 is 5.96 Å². The van der Waals surface area contributed by atoms with E-state index >= 15 is 0 Å². The van der Waals surface area contributed by atoms with Gasteiger partial charge in [-0.25, -0.2) is 4.99 Å². The Morgan fingerprint density at radius 2 is 1.97 bits per heavy atom. The van der Waals surface area contributed by atoms with Crippen LogP contribution in [-0.4, -0.2) is 60.0 Å². The molecule has 0 bridgehead atoms. The first kappa shape index (κ1) is 22.5. The zero-order valence-corrected chi connectivity index (χ0v) is 18.5. The SMILES string of the molecule is CCCCNC(=NCc1nnc(C)n1C)N(C)CCc1ccc(OC)c(OC)c1. The number of aromatic nitrogens is 3. The molecule has 0 amide bonds. The molecule has 0 aliphatic heterocycles. The van der Waals surface area contributed by atoms with Gasteiger partial charge in [-0.05, 0) is 37.5 Å².